The zero-order chi connectivity index (χ0) is 13.0. The summed E-state index contributed by atoms with van der Waals surface area (Å²) >= 11 is 0. The van der Waals surface area contributed by atoms with Gasteiger partial charge in [-0.1, -0.05) is 24.6 Å². The summed E-state index contributed by atoms with van der Waals surface area (Å²) in [6, 6.07) is 7.83. The van der Waals surface area contributed by atoms with Crippen molar-refractivity contribution in [2.75, 3.05) is 20.1 Å². The third-order valence-corrected chi connectivity index (χ3v) is 3.97. The maximum absolute atomic E-state index is 13.9. The maximum atomic E-state index is 13.9. The average Bonchev–Trinajstić information content (AvgIpc) is 2.40. The number of piperidine rings is 1. The van der Waals surface area contributed by atoms with Crippen LogP contribution in [0.1, 0.15) is 37.8 Å². The van der Waals surface area contributed by atoms with E-state index in [1.54, 1.807) is 12.1 Å². The molecule has 1 aromatic carbocycles. The lowest BCUT2D eigenvalue weighted by atomic mass is 9.97. The molecule has 1 aliphatic heterocycles. The van der Waals surface area contributed by atoms with Crippen LogP contribution in [0.25, 0.3) is 0 Å². The Kier molecular flexibility index (Phi) is 4.72. The molecule has 2 atom stereocenters. The smallest absolute Gasteiger partial charge is 0.127 e. The predicted molar refractivity (Wildman–Crippen MR) is 73.1 cm³/mol. The number of halogens is 1. The third-order valence-electron chi connectivity index (χ3n) is 3.97. The molecule has 2 unspecified atom stereocenters. The van der Waals surface area contributed by atoms with E-state index in [0.717, 1.165) is 18.7 Å². The summed E-state index contributed by atoms with van der Waals surface area (Å²) in [6.07, 6.45) is 3.71. The second-order valence-corrected chi connectivity index (χ2v) is 5.14. The minimum atomic E-state index is -0.0845. The maximum Gasteiger partial charge on any atom is 0.127 e. The van der Waals surface area contributed by atoms with Crippen molar-refractivity contribution < 1.29 is 4.39 Å². The highest BCUT2D eigenvalue weighted by molar-refractivity contribution is 5.21. The summed E-state index contributed by atoms with van der Waals surface area (Å²) in [6.45, 7) is 4.17. The van der Waals surface area contributed by atoms with Gasteiger partial charge in [-0.05, 0) is 39.4 Å². The molecule has 0 aromatic heterocycles. The molecule has 0 bridgehead atoms. The fourth-order valence-electron chi connectivity index (χ4n) is 2.98. The first-order valence-electron chi connectivity index (χ1n) is 6.89. The van der Waals surface area contributed by atoms with Crippen LogP contribution < -0.4 is 5.32 Å². The topological polar surface area (TPSA) is 15.3 Å². The molecule has 1 N–H and O–H groups in total. The van der Waals surface area contributed by atoms with Crippen LogP contribution in [0, 0.1) is 5.82 Å². The molecule has 0 aliphatic carbocycles. The van der Waals surface area contributed by atoms with E-state index in [4.69, 9.17) is 0 Å². The molecule has 2 rings (SSSR count). The highest BCUT2D eigenvalue weighted by Gasteiger charge is 2.27. The zero-order valence-electron chi connectivity index (χ0n) is 11.3. The highest BCUT2D eigenvalue weighted by Crippen LogP contribution is 2.29. The van der Waals surface area contributed by atoms with Gasteiger partial charge in [0.2, 0.25) is 0 Å². The SMILES string of the molecule is CNCC1CCCCN1C(C)c1ccccc1F. The summed E-state index contributed by atoms with van der Waals surface area (Å²) in [5.41, 5.74) is 0.820. The monoisotopic (exact) mass is 250 g/mol. The van der Waals surface area contributed by atoms with Crippen LogP contribution in [0.15, 0.2) is 24.3 Å². The predicted octanol–water partition coefficient (Wildman–Crippen LogP) is 2.96. The molecule has 1 aromatic rings. The lowest BCUT2D eigenvalue weighted by Crippen LogP contribution is -2.46. The van der Waals surface area contributed by atoms with E-state index in [9.17, 15) is 4.39 Å². The molecule has 0 spiro atoms. The normalized spacial score (nSPS) is 22.9. The van der Waals surface area contributed by atoms with Crippen molar-refractivity contribution in [3.05, 3.63) is 35.6 Å². The second-order valence-electron chi connectivity index (χ2n) is 5.14. The Morgan fingerprint density at radius 3 is 2.89 bits per heavy atom. The number of benzene rings is 1. The van der Waals surface area contributed by atoms with Crippen molar-refractivity contribution in [1.82, 2.24) is 10.2 Å². The first-order chi connectivity index (χ1) is 8.74. The van der Waals surface area contributed by atoms with E-state index in [2.05, 4.69) is 17.1 Å². The van der Waals surface area contributed by atoms with E-state index >= 15 is 0 Å². The summed E-state index contributed by atoms with van der Waals surface area (Å²) in [7, 11) is 1.99. The standard InChI is InChI=1S/C15H23FN2/c1-12(14-8-3-4-9-15(14)16)18-10-6-5-7-13(18)11-17-2/h3-4,8-9,12-13,17H,5-7,10-11H2,1-2H3. The molecule has 2 nitrogen and oxygen atoms in total. The van der Waals surface area contributed by atoms with Crippen LogP contribution >= 0.6 is 0 Å². The second kappa shape index (κ2) is 6.30. The Labute approximate surface area is 109 Å². The van der Waals surface area contributed by atoms with Crippen molar-refractivity contribution in [2.24, 2.45) is 0 Å². The lowest BCUT2D eigenvalue weighted by molar-refractivity contribution is 0.101. The van der Waals surface area contributed by atoms with E-state index in [-0.39, 0.29) is 11.9 Å². The number of hydrogen-bond donors (Lipinski definition) is 1. The molecule has 1 aliphatic rings. The molecule has 0 amide bonds. The van der Waals surface area contributed by atoms with Gasteiger partial charge in [-0.15, -0.1) is 0 Å². The van der Waals surface area contributed by atoms with E-state index in [0.29, 0.717) is 6.04 Å². The van der Waals surface area contributed by atoms with Gasteiger partial charge in [0.1, 0.15) is 5.82 Å². The van der Waals surface area contributed by atoms with Crippen molar-refractivity contribution in [3.8, 4) is 0 Å². The Morgan fingerprint density at radius 1 is 1.39 bits per heavy atom. The van der Waals surface area contributed by atoms with Gasteiger partial charge in [-0.2, -0.15) is 0 Å². The minimum Gasteiger partial charge on any atom is -0.318 e. The van der Waals surface area contributed by atoms with Gasteiger partial charge in [0.15, 0.2) is 0 Å². The Bertz CT molecular complexity index is 379. The molecular formula is C15H23FN2. The van der Waals surface area contributed by atoms with Crippen molar-refractivity contribution in [1.29, 1.82) is 0 Å². The van der Waals surface area contributed by atoms with Crippen molar-refractivity contribution in [2.45, 2.75) is 38.3 Å². The quantitative estimate of drug-likeness (QED) is 0.884. The van der Waals surface area contributed by atoms with Gasteiger partial charge in [0.25, 0.3) is 0 Å². The van der Waals surface area contributed by atoms with Crippen LogP contribution in [0.4, 0.5) is 4.39 Å². The Morgan fingerprint density at radius 2 is 2.17 bits per heavy atom. The number of rotatable bonds is 4. The molecule has 100 valence electrons. The lowest BCUT2D eigenvalue weighted by Gasteiger charge is -2.40. The minimum absolute atomic E-state index is 0.0845. The average molecular weight is 250 g/mol. The molecule has 1 saturated heterocycles. The van der Waals surface area contributed by atoms with E-state index < -0.39 is 0 Å². The Hall–Kier alpha value is -0.930. The molecule has 1 heterocycles. The van der Waals surface area contributed by atoms with Gasteiger partial charge >= 0.3 is 0 Å². The van der Waals surface area contributed by atoms with Crippen molar-refractivity contribution in [3.63, 3.8) is 0 Å². The van der Waals surface area contributed by atoms with Crippen molar-refractivity contribution >= 4 is 0 Å². The summed E-state index contributed by atoms with van der Waals surface area (Å²) in [4.78, 5) is 2.44. The fraction of sp³-hybridized carbons (Fsp3) is 0.600. The molecule has 18 heavy (non-hydrogen) atoms. The van der Waals surface area contributed by atoms with Gasteiger partial charge in [-0.25, -0.2) is 4.39 Å². The summed E-state index contributed by atoms with van der Waals surface area (Å²) in [5, 5.41) is 3.25. The van der Waals surface area contributed by atoms with Crippen LogP contribution in [0.2, 0.25) is 0 Å². The van der Waals surface area contributed by atoms with E-state index in [1.807, 2.05) is 19.2 Å². The number of hydrogen-bond acceptors (Lipinski definition) is 2. The molecule has 3 heteroatoms. The molecule has 0 radical (unpaired) electrons. The molecule has 0 saturated carbocycles. The number of likely N-dealkylation sites (N-methyl/N-ethyl adjacent to an activating group) is 1. The number of nitrogens with one attached hydrogen (secondary N) is 1. The van der Waals surface area contributed by atoms with E-state index in [1.165, 1.54) is 19.3 Å². The fourth-order valence-corrected chi connectivity index (χ4v) is 2.98. The van der Waals surface area contributed by atoms with Gasteiger partial charge < -0.3 is 5.32 Å². The van der Waals surface area contributed by atoms with Gasteiger partial charge in [0.05, 0.1) is 0 Å². The first-order valence-corrected chi connectivity index (χ1v) is 6.89. The van der Waals surface area contributed by atoms with Crippen LogP contribution in [-0.2, 0) is 0 Å². The summed E-state index contributed by atoms with van der Waals surface area (Å²) < 4.78 is 13.9. The van der Waals surface area contributed by atoms with Gasteiger partial charge in [-0.3, -0.25) is 4.90 Å². The zero-order valence-corrected chi connectivity index (χ0v) is 11.3. The highest BCUT2D eigenvalue weighted by atomic mass is 19.1. The number of nitrogens with zero attached hydrogens (tertiary/aromatic N) is 1. The molecule has 1 fully saturated rings. The summed E-state index contributed by atoms with van der Waals surface area (Å²) in [5.74, 6) is -0.0845. The first kappa shape index (κ1) is 13.5. The van der Waals surface area contributed by atoms with Crippen LogP contribution in [0.5, 0.6) is 0 Å². The molecular weight excluding hydrogens is 227 g/mol. The number of likely N-dealkylation sites (tertiary alicyclic amines) is 1. The van der Waals surface area contributed by atoms with Crippen LogP contribution in [-0.4, -0.2) is 31.1 Å². The van der Waals surface area contributed by atoms with Crippen LogP contribution in [0.3, 0.4) is 0 Å². The largest absolute Gasteiger partial charge is 0.318 e. The Balaban J connectivity index is 2.15. The third kappa shape index (κ3) is 2.90. The van der Waals surface area contributed by atoms with Gasteiger partial charge in [0, 0.05) is 24.2 Å².